The van der Waals surface area contributed by atoms with E-state index in [4.69, 9.17) is 29.8 Å². The molecule has 775 valence electrons. The number of hydrogen-bond acceptors (Lipinski definition) is 25. The first-order chi connectivity index (χ1) is 61.6. The minimum Gasteiger partial charge on any atom is -0.501 e. The Morgan fingerprint density at radius 3 is 1.06 bits per heavy atom. The number of aromatic amines is 3. The molecule has 5 radical (unpaired) electrons. The summed E-state index contributed by atoms with van der Waals surface area (Å²) in [7, 11) is -4.52. The van der Waals surface area contributed by atoms with Gasteiger partial charge in [0.1, 0.15) is 91.0 Å². The number of nitrogens with zero attached hydrogens (tertiary/aromatic N) is 7. The van der Waals surface area contributed by atoms with E-state index in [9.17, 15) is 172 Å². The number of primary amides is 1. The summed E-state index contributed by atoms with van der Waals surface area (Å²) in [5.41, 5.74) is -18.8. The quantitative estimate of drug-likeness (QED) is 0.0153. The van der Waals surface area contributed by atoms with Gasteiger partial charge in [0, 0.05) is 136 Å². The van der Waals surface area contributed by atoms with Crippen molar-refractivity contribution >= 4 is 51.9 Å². The molecule has 0 saturated carbocycles. The molecule has 0 unspecified atom stereocenters. The number of carbonyl (C=O) groups excluding carboxylic acids is 6. The number of nitriles is 2. The molecule has 6 N–H and O–H groups in total. The van der Waals surface area contributed by atoms with E-state index in [1.807, 2.05) is 0 Å². The fourth-order valence-electron chi connectivity index (χ4n) is 11.7. The van der Waals surface area contributed by atoms with Crippen LogP contribution in [0.1, 0.15) is 212 Å². The summed E-state index contributed by atoms with van der Waals surface area (Å²) in [4.78, 5) is 128. The number of allylic oxidation sites excluding steroid dienone is 1. The standard InChI is InChI=1S/2C21H26F3N3O3.C9H5F6NO5S.C8H6F3NO3.C7H5F3N2O2.C7H4F3NO3.C6H7F3O2.5V/c2*1-18(2,3)30-17(28)27-10-8-20(9-11-27)15-13(16(29-20)19(4,5)12-25)6-7-14(26-15)21(22,23)24;1-20-7(17)4-2-3-5(8(10,11)12)16-6(4)21-22(18,19)9(13,14)15;1-15-7(14)4-2-3-5(8(9,10)11)12-6(4)13;8-7(9,10)4-2-1-3(5(11)13)6(14)12-4;8-7(9,10)4-2-1-3(6(13)14)5(12)11-4;1-2-11-4-3-5(10)6(7,8)9;;;;;/h2*6-7,16H,8-11H2,1-5H3;2-3H,1H3;2-3H,1H3,(H,12,13);1-2H,(H2,11,13)(H,12,14);1-2H,(H,11,12)(H,13,14);3-4H,2H2,1H3;;;;;/b;;;;;;4-3+;;;;;/t2*16-;;;;;;;;;;/m10........../s1. The van der Waals surface area contributed by atoms with Gasteiger partial charge in [0.2, 0.25) is 5.88 Å². The monoisotopic (exact) mass is 2260 g/mol. The van der Waals surface area contributed by atoms with Crippen LogP contribution in [0.5, 0.6) is 5.88 Å². The topological polar surface area (TPSA) is 465 Å². The number of carboxylic acid groups (broad SMARTS) is 1. The molecular formula is C79H79F24N11O21SV5. The summed E-state index contributed by atoms with van der Waals surface area (Å²) in [6.07, 6.45) is -33.2. The maximum Gasteiger partial charge on any atom is 0.534 e. The third-order valence-electron chi connectivity index (χ3n) is 18.2. The van der Waals surface area contributed by atoms with Crippen LogP contribution in [0.25, 0.3) is 0 Å². The van der Waals surface area contributed by atoms with E-state index in [2.05, 4.69) is 45.5 Å². The molecule has 6 aromatic heterocycles. The third kappa shape index (κ3) is 37.2. The van der Waals surface area contributed by atoms with Crippen LogP contribution in [-0.2, 0) is 189 Å². The van der Waals surface area contributed by atoms with Gasteiger partial charge in [0.05, 0.1) is 61.4 Å². The van der Waals surface area contributed by atoms with Gasteiger partial charge in [-0.25, -0.2) is 38.9 Å². The maximum atomic E-state index is 13.3. The molecule has 10 rings (SSSR count). The molecule has 141 heavy (non-hydrogen) atoms. The number of aromatic nitrogens is 6. The van der Waals surface area contributed by atoms with Gasteiger partial charge in [-0.15, -0.1) is 0 Å². The molecule has 6 aromatic rings. The molecule has 32 nitrogen and oxygen atoms in total. The predicted octanol–water partition coefficient (Wildman–Crippen LogP) is 16.4. The molecule has 0 aliphatic carbocycles. The number of amides is 3. The molecule has 2 atom stereocenters. The SMILES string of the molecule is CC(C)(C)OC(=O)N1CCC2(CC1)O[C@@H](C(C)(C)C#N)c1ccc(C(F)(F)F)nc12.CC(C)(C)OC(=O)N1CCC2(CC1)O[C@H](C(C)(C)C#N)c1ccc(C(F)(F)F)nc12.CCO/C=C/C(=O)C(F)(F)F.COC(=O)c1ccc(C(F)(F)F)[nH]c1=O.COC(=O)c1ccc(C(F)(F)F)nc1OS(=O)(=O)C(F)(F)F.NC(=O)c1ccc(C(F)(F)F)[nH]c1=O.O=C(O)c1ccc(C(F)(F)F)[nH]c1=O.[V].[V].[V].[V].[V]. The third-order valence-corrected chi connectivity index (χ3v) is 19.2. The number of ketones is 1. The second-order valence-electron chi connectivity index (χ2n) is 31.5. The van der Waals surface area contributed by atoms with Gasteiger partial charge in [-0.2, -0.15) is 124 Å². The Morgan fingerprint density at radius 2 is 0.787 bits per heavy atom. The maximum absolute atomic E-state index is 13.3. The van der Waals surface area contributed by atoms with Crippen LogP contribution in [0.3, 0.4) is 0 Å². The van der Waals surface area contributed by atoms with Gasteiger partial charge in [-0.3, -0.25) is 24.0 Å². The zero-order valence-electron chi connectivity index (χ0n) is 74.6. The first-order valence-electron chi connectivity index (χ1n) is 38.1. The van der Waals surface area contributed by atoms with E-state index in [0.29, 0.717) is 47.5 Å². The molecule has 0 bridgehead atoms. The predicted molar refractivity (Wildman–Crippen MR) is 413 cm³/mol. The van der Waals surface area contributed by atoms with Crippen molar-refractivity contribution in [1.29, 1.82) is 10.5 Å². The molecule has 62 heteroatoms. The van der Waals surface area contributed by atoms with Crippen LogP contribution in [0.4, 0.5) is 115 Å². The molecule has 0 aromatic carbocycles. The smallest absolute Gasteiger partial charge is 0.501 e. The number of piperidine rings is 2. The number of pyridine rings is 6. The average Bonchev–Trinajstić information content (AvgIpc) is 1.57. The van der Waals surface area contributed by atoms with Gasteiger partial charge in [0.25, 0.3) is 28.4 Å². The number of H-pyrrole nitrogens is 3. The van der Waals surface area contributed by atoms with E-state index in [1.54, 1.807) is 81.1 Å². The van der Waals surface area contributed by atoms with Crippen LogP contribution in [-0.4, -0.2) is 165 Å². The van der Waals surface area contributed by atoms with E-state index < -0.39 is 225 Å². The molecule has 10 heterocycles. The summed E-state index contributed by atoms with van der Waals surface area (Å²) in [6.45, 7) is 20.2. The number of aromatic carboxylic acids is 1. The number of methoxy groups -OCH3 is 2. The van der Waals surface area contributed by atoms with Gasteiger partial charge in [-0.05, 0) is 163 Å². The minimum atomic E-state index is -6.31. The van der Waals surface area contributed by atoms with E-state index in [-0.39, 0.29) is 169 Å². The number of carbonyl (C=O) groups is 7. The van der Waals surface area contributed by atoms with E-state index >= 15 is 0 Å². The summed E-state index contributed by atoms with van der Waals surface area (Å²) < 4.78 is 357. The number of esters is 2. The normalized spacial score (nSPS) is 15.5. The number of fused-ring (bicyclic) bond motifs is 4. The molecule has 3 amide bonds. The second kappa shape index (κ2) is 50.9. The van der Waals surface area contributed by atoms with Crippen molar-refractivity contribution in [3.05, 3.63) is 195 Å². The Kier molecular flexibility index (Phi) is 47.9. The van der Waals surface area contributed by atoms with E-state index in [0.717, 1.165) is 44.7 Å². The Balaban J connectivity index is 0. The minimum absolute atomic E-state index is 0. The van der Waals surface area contributed by atoms with Crippen molar-refractivity contribution in [2.45, 2.75) is 185 Å². The van der Waals surface area contributed by atoms with Crippen molar-refractivity contribution in [3.8, 4) is 18.0 Å². The number of ether oxygens (including phenoxy) is 7. The van der Waals surface area contributed by atoms with E-state index in [1.165, 1.54) is 31.9 Å². The van der Waals surface area contributed by atoms with Crippen LogP contribution < -0.4 is 26.6 Å². The number of halogens is 24. The zero-order valence-corrected chi connectivity index (χ0v) is 82.4. The van der Waals surface area contributed by atoms with Crippen molar-refractivity contribution < 1.29 is 283 Å². The van der Waals surface area contributed by atoms with Crippen molar-refractivity contribution in [2.24, 2.45) is 16.6 Å². The number of hydrogen-bond donors (Lipinski definition) is 5. The first-order valence-corrected chi connectivity index (χ1v) is 39.5. The number of carboxylic acids is 1. The van der Waals surface area contributed by atoms with Gasteiger partial charge in [-0.1, -0.05) is 12.1 Å². The largest absolute Gasteiger partial charge is 0.534 e. The Bertz CT molecular complexity index is 5570. The second-order valence-corrected chi connectivity index (χ2v) is 33.0. The fourth-order valence-corrected chi connectivity index (χ4v) is 12.1. The molecule has 4 aliphatic heterocycles. The van der Waals surface area contributed by atoms with Crippen molar-refractivity contribution in [1.82, 2.24) is 39.7 Å². The first kappa shape index (κ1) is 133. The number of nitrogens with one attached hydrogen (secondary N) is 3. The molecule has 2 saturated heterocycles. The zero-order chi connectivity index (χ0) is 105. The van der Waals surface area contributed by atoms with Crippen molar-refractivity contribution in [2.75, 3.05) is 47.0 Å². The van der Waals surface area contributed by atoms with Crippen molar-refractivity contribution in [3.63, 3.8) is 0 Å². The summed E-state index contributed by atoms with van der Waals surface area (Å²) >= 11 is 0. The van der Waals surface area contributed by atoms with Gasteiger partial charge >= 0.3 is 89.0 Å². The molecule has 4 aliphatic rings. The molecular weight excluding hydrogens is 2180 g/mol. The van der Waals surface area contributed by atoms with Gasteiger partial charge < -0.3 is 72.9 Å². The Morgan fingerprint density at radius 1 is 0.482 bits per heavy atom. The summed E-state index contributed by atoms with van der Waals surface area (Å²) in [5, 5.41) is 27.5. The van der Waals surface area contributed by atoms with Crippen LogP contribution in [0.15, 0.2) is 99.5 Å². The Hall–Kier alpha value is -10.2. The average molecular weight is 2260 g/mol. The van der Waals surface area contributed by atoms with Crippen LogP contribution >= 0.6 is 0 Å². The Labute approximate surface area is 841 Å². The van der Waals surface area contributed by atoms with Crippen LogP contribution in [0, 0.1) is 33.5 Å². The molecule has 2 spiro atoms. The molecule has 2 fully saturated rings. The van der Waals surface area contributed by atoms with Crippen LogP contribution in [0.2, 0.25) is 0 Å². The number of nitrogens with two attached hydrogens (primary N) is 1. The fraction of sp³-hybridized carbons (Fsp3) is 0.481. The summed E-state index contributed by atoms with van der Waals surface area (Å²) in [6, 6.07) is 13.4. The number of alkyl halides is 24. The summed E-state index contributed by atoms with van der Waals surface area (Å²) in [5.74, 6) is -8.66. The number of likely N-dealkylation sites (tertiary alicyclic amines) is 2. The van der Waals surface area contributed by atoms with Gasteiger partial charge in [0.15, 0.2) is 0 Å². The number of rotatable bonds is 11.